The summed E-state index contributed by atoms with van der Waals surface area (Å²) in [5.41, 5.74) is -4.74. The fourth-order valence-corrected chi connectivity index (χ4v) is 1.58. The molecule has 10 heteroatoms. The average Bonchev–Trinajstić information content (AvgIpc) is 2.37. The van der Waals surface area contributed by atoms with Crippen LogP contribution < -0.4 is 5.32 Å². The van der Waals surface area contributed by atoms with Crippen LogP contribution in [0.5, 0.6) is 0 Å². The molecule has 0 heterocycles. The zero-order valence-corrected chi connectivity index (χ0v) is 12.2. The highest BCUT2D eigenvalue weighted by Crippen LogP contribution is 2.37. The van der Waals surface area contributed by atoms with Crippen LogP contribution in [0.3, 0.4) is 0 Å². The minimum Gasteiger partial charge on any atom is -0.379 e. The monoisotopic (exact) mass is 367 g/mol. The van der Waals surface area contributed by atoms with E-state index in [0.717, 1.165) is 13.0 Å². The summed E-state index contributed by atoms with van der Waals surface area (Å²) < 4.78 is 38.3. The number of aliphatic hydroxyl groups is 1. The number of carbonyl (C=O) groups excluding carboxylic acids is 1. The van der Waals surface area contributed by atoms with Crippen molar-refractivity contribution in [2.45, 2.75) is 18.7 Å². The molecule has 0 aliphatic carbocycles. The van der Waals surface area contributed by atoms with Gasteiger partial charge in [0.2, 0.25) is 0 Å². The summed E-state index contributed by atoms with van der Waals surface area (Å²) in [4.78, 5) is 21.1. The van der Waals surface area contributed by atoms with Gasteiger partial charge in [0.25, 0.3) is 11.6 Å². The number of alkyl halides is 4. The van der Waals surface area contributed by atoms with Gasteiger partial charge in [-0.1, -0.05) is 15.9 Å². The Labute approximate surface area is 125 Å². The summed E-state index contributed by atoms with van der Waals surface area (Å²) in [5, 5.41) is 22.2. The van der Waals surface area contributed by atoms with Gasteiger partial charge in [-0.15, -0.1) is 0 Å². The van der Waals surface area contributed by atoms with Crippen LogP contribution in [0.2, 0.25) is 0 Å². The largest absolute Gasteiger partial charge is 0.423 e. The number of hydrogen-bond donors (Lipinski definition) is 2. The van der Waals surface area contributed by atoms with Crippen molar-refractivity contribution in [3.63, 3.8) is 0 Å². The first-order valence-electron chi connectivity index (χ1n) is 5.44. The van der Waals surface area contributed by atoms with Crippen molar-refractivity contribution >= 4 is 33.2 Å². The topological polar surface area (TPSA) is 92.5 Å². The molecule has 1 aromatic carbocycles. The van der Waals surface area contributed by atoms with E-state index >= 15 is 0 Å². The lowest BCUT2D eigenvalue weighted by Gasteiger charge is -2.19. The molecule has 1 atom stereocenters. The highest BCUT2D eigenvalue weighted by Gasteiger charge is 2.39. The van der Waals surface area contributed by atoms with Crippen LogP contribution in [-0.4, -0.2) is 26.9 Å². The fraction of sp³-hybridized carbons (Fsp3) is 0.364. The van der Waals surface area contributed by atoms with E-state index in [1.807, 2.05) is 0 Å². The molecule has 0 bridgehead atoms. The van der Waals surface area contributed by atoms with Crippen molar-refractivity contribution < 1.29 is 28.0 Å². The smallest absolute Gasteiger partial charge is 0.379 e. The zero-order valence-electron chi connectivity index (χ0n) is 10.6. The SMILES string of the molecule is CC(O)(C[76Br])C(=O)Nc1ccc([N+](=O)[O-])c(C(F)(F)F)c1. The first-order valence-corrected chi connectivity index (χ1v) is 6.56. The Morgan fingerprint density at radius 1 is 1.48 bits per heavy atom. The van der Waals surface area contributed by atoms with Crippen molar-refractivity contribution in [1.82, 2.24) is 0 Å². The van der Waals surface area contributed by atoms with Crippen LogP contribution >= 0.6 is 15.9 Å². The van der Waals surface area contributed by atoms with Gasteiger partial charge >= 0.3 is 6.18 Å². The summed E-state index contributed by atoms with van der Waals surface area (Å²) in [6.07, 6.45) is -4.94. The average molecular weight is 367 g/mol. The highest BCUT2D eigenvalue weighted by molar-refractivity contribution is 9.09. The normalized spacial score (nSPS) is 14.4. The number of halogens is 4. The van der Waals surface area contributed by atoms with Crippen LogP contribution in [0.1, 0.15) is 12.5 Å². The van der Waals surface area contributed by atoms with Crippen molar-refractivity contribution in [3.8, 4) is 0 Å². The van der Waals surface area contributed by atoms with E-state index in [9.17, 15) is 33.2 Å². The van der Waals surface area contributed by atoms with E-state index < -0.39 is 33.9 Å². The molecule has 116 valence electrons. The Morgan fingerprint density at radius 3 is 2.48 bits per heavy atom. The minimum atomic E-state index is -4.94. The van der Waals surface area contributed by atoms with Gasteiger partial charge in [0, 0.05) is 17.1 Å². The molecular formula is C11H10BrF3N2O4. The number of anilines is 1. The van der Waals surface area contributed by atoms with Crippen molar-refractivity contribution in [2.75, 3.05) is 10.6 Å². The van der Waals surface area contributed by atoms with Crippen molar-refractivity contribution in [2.24, 2.45) is 0 Å². The molecule has 6 nitrogen and oxygen atoms in total. The molecule has 0 spiro atoms. The number of carbonyl (C=O) groups is 1. The highest BCUT2D eigenvalue weighted by atomic mass is 75.9. The maximum Gasteiger partial charge on any atom is 0.423 e. The lowest BCUT2D eigenvalue weighted by atomic mass is 10.1. The first-order chi connectivity index (χ1) is 9.49. The standard InChI is InChI=1S/C11H10BrF3N2O4/c1-10(19,5-12)9(18)16-6-2-3-8(17(20)21)7(4-6)11(13,14)15/h2-4,19H,5H2,1H3,(H,16,18)/i12-4. The van der Waals surface area contributed by atoms with E-state index in [-0.39, 0.29) is 11.0 Å². The Bertz CT molecular complexity index is 575. The molecule has 21 heavy (non-hydrogen) atoms. The number of nitro groups is 1. The van der Waals surface area contributed by atoms with Gasteiger partial charge in [-0.2, -0.15) is 13.2 Å². The molecule has 0 saturated carbocycles. The number of amides is 1. The number of hydrogen-bond acceptors (Lipinski definition) is 4. The maximum atomic E-state index is 12.8. The molecule has 1 amide bonds. The summed E-state index contributed by atoms with van der Waals surface area (Å²) in [5.74, 6) is -0.943. The number of nitrogens with zero attached hydrogens (tertiary/aromatic N) is 1. The third-order valence-electron chi connectivity index (χ3n) is 2.51. The minimum absolute atomic E-state index is 0.134. The number of rotatable bonds is 4. The van der Waals surface area contributed by atoms with Crippen LogP contribution in [-0.2, 0) is 11.0 Å². The maximum absolute atomic E-state index is 12.8. The van der Waals surface area contributed by atoms with Crippen molar-refractivity contribution in [3.05, 3.63) is 33.9 Å². The van der Waals surface area contributed by atoms with Gasteiger partial charge in [0.05, 0.1) is 4.92 Å². The number of nitrogens with one attached hydrogen (secondary N) is 1. The Balaban J connectivity index is 3.18. The zero-order chi connectivity index (χ0) is 16.4. The molecular weight excluding hydrogens is 357 g/mol. The van der Waals surface area contributed by atoms with Gasteiger partial charge in [-0.25, -0.2) is 0 Å². The van der Waals surface area contributed by atoms with Crippen LogP contribution in [0, 0.1) is 10.1 Å². The fourth-order valence-electron chi connectivity index (χ4n) is 1.33. The van der Waals surface area contributed by atoms with E-state index in [1.54, 1.807) is 0 Å². The van der Waals surface area contributed by atoms with E-state index in [1.165, 1.54) is 0 Å². The summed E-state index contributed by atoms with van der Waals surface area (Å²) >= 11 is 2.88. The molecule has 0 saturated heterocycles. The predicted molar refractivity (Wildman–Crippen MR) is 71.1 cm³/mol. The van der Waals surface area contributed by atoms with E-state index in [0.29, 0.717) is 12.1 Å². The quantitative estimate of drug-likeness (QED) is 0.486. The van der Waals surface area contributed by atoms with Crippen molar-refractivity contribution in [1.29, 1.82) is 0 Å². The molecule has 0 aliphatic heterocycles. The Hall–Kier alpha value is -1.68. The number of benzene rings is 1. The molecule has 2 N–H and O–H groups in total. The van der Waals surface area contributed by atoms with Gasteiger partial charge < -0.3 is 10.4 Å². The van der Waals surface area contributed by atoms with Crippen LogP contribution in [0.25, 0.3) is 0 Å². The lowest BCUT2D eigenvalue weighted by molar-refractivity contribution is -0.388. The summed E-state index contributed by atoms with van der Waals surface area (Å²) in [6.45, 7) is 1.16. The second-order valence-electron chi connectivity index (χ2n) is 4.35. The molecule has 1 aromatic rings. The molecule has 0 fully saturated rings. The van der Waals surface area contributed by atoms with Crippen LogP contribution in [0.15, 0.2) is 18.2 Å². The van der Waals surface area contributed by atoms with Gasteiger partial charge in [0.15, 0.2) is 0 Å². The predicted octanol–water partition coefficient (Wildman–Crippen LogP) is 2.70. The van der Waals surface area contributed by atoms with Gasteiger partial charge in [-0.3, -0.25) is 14.9 Å². The third kappa shape index (κ3) is 4.14. The van der Waals surface area contributed by atoms with Crippen LogP contribution in [0.4, 0.5) is 24.5 Å². The Kier molecular flexibility index (Phi) is 4.95. The summed E-state index contributed by atoms with van der Waals surface area (Å²) in [6, 6.07) is 2.04. The Morgan fingerprint density at radius 2 is 2.05 bits per heavy atom. The van der Waals surface area contributed by atoms with Gasteiger partial charge in [0.1, 0.15) is 11.2 Å². The number of nitro benzene ring substituents is 1. The third-order valence-corrected chi connectivity index (χ3v) is 3.60. The lowest BCUT2D eigenvalue weighted by Crippen LogP contribution is -2.41. The molecule has 0 aromatic heterocycles. The second-order valence-corrected chi connectivity index (χ2v) is 4.91. The van der Waals surface area contributed by atoms with E-state index in [2.05, 4.69) is 21.2 Å². The second kappa shape index (κ2) is 5.98. The molecule has 1 rings (SSSR count). The van der Waals surface area contributed by atoms with E-state index in [4.69, 9.17) is 0 Å². The molecule has 1 unspecified atom stereocenters. The first kappa shape index (κ1) is 17.4. The molecule has 0 aliphatic rings. The molecule has 0 radical (unpaired) electrons. The summed E-state index contributed by atoms with van der Waals surface area (Å²) in [7, 11) is 0. The van der Waals surface area contributed by atoms with Gasteiger partial charge in [-0.05, 0) is 19.1 Å².